The summed E-state index contributed by atoms with van der Waals surface area (Å²) in [6.07, 6.45) is 3.34. The zero-order valence-electron chi connectivity index (χ0n) is 14.3. The Balaban J connectivity index is 1.56. The van der Waals surface area contributed by atoms with Crippen LogP contribution in [0.2, 0.25) is 0 Å². The molecule has 0 aliphatic rings. The van der Waals surface area contributed by atoms with Crippen LogP contribution in [-0.2, 0) is 16.6 Å². The second kappa shape index (κ2) is 8.33. The predicted molar refractivity (Wildman–Crippen MR) is 104 cm³/mol. The highest BCUT2D eigenvalue weighted by Crippen LogP contribution is 2.18. The molecule has 0 aliphatic carbocycles. The van der Waals surface area contributed by atoms with E-state index in [4.69, 9.17) is 0 Å². The monoisotopic (exact) mass is 382 g/mol. The van der Waals surface area contributed by atoms with E-state index < -0.39 is 10.0 Å². The van der Waals surface area contributed by atoms with Gasteiger partial charge in [0, 0.05) is 30.3 Å². The smallest absolute Gasteiger partial charge is 0.319 e. The van der Waals surface area contributed by atoms with Gasteiger partial charge in [-0.3, -0.25) is 9.71 Å². The summed E-state index contributed by atoms with van der Waals surface area (Å²) in [7, 11) is -3.64. The van der Waals surface area contributed by atoms with E-state index in [1.165, 1.54) is 12.1 Å². The Morgan fingerprint density at radius 2 is 1.59 bits per heavy atom. The summed E-state index contributed by atoms with van der Waals surface area (Å²) >= 11 is 0. The number of carbonyl (C=O) groups excluding carboxylic acids is 1. The van der Waals surface area contributed by atoms with Crippen LogP contribution in [0, 0.1) is 0 Å². The summed E-state index contributed by atoms with van der Waals surface area (Å²) in [5.74, 6) is 0. The van der Waals surface area contributed by atoms with E-state index in [2.05, 4.69) is 20.3 Å². The molecule has 0 aliphatic heterocycles. The van der Waals surface area contributed by atoms with Crippen LogP contribution in [0.1, 0.15) is 5.56 Å². The van der Waals surface area contributed by atoms with Crippen LogP contribution in [-0.4, -0.2) is 19.4 Å². The maximum atomic E-state index is 12.3. The van der Waals surface area contributed by atoms with Crippen molar-refractivity contribution >= 4 is 27.4 Å². The molecule has 8 heteroatoms. The topological polar surface area (TPSA) is 100 Å². The van der Waals surface area contributed by atoms with Crippen molar-refractivity contribution in [2.24, 2.45) is 0 Å². The number of rotatable bonds is 6. The molecule has 138 valence electrons. The number of anilines is 2. The van der Waals surface area contributed by atoms with Crippen LogP contribution in [0.15, 0.2) is 84.0 Å². The van der Waals surface area contributed by atoms with Crippen LogP contribution >= 0.6 is 0 Å². The minimum absolute atomic E-state index is 0.182. The van der Waals surface area contributed by atoms with Gasteiger partial charge in [-0.15, -0.1) is 0 Å². The molecule has 3 rings (SSSR count). The molecule has 7 nitrogen and oxygen atoms in total. The molecule has 2 amide bonds. The molecule has 2 aromatic carbocycles. The molecule has 0 bridgehead atoms. The Hall–Kier alpha value is -3.39. The molecular weight excluding hydrogens is 364 g/mol. The fourth-order valence-corrected chi connectivity index (χ4v) is 3.38. The Morgan fingerprint density at radius 3 is 2.26 bits per heavy atom. The van der Waals surface area contributed by atoms with Gasteiger partial charge in [-0.25, -0.2) is 13.2 Å². The molecule has 1 aromatic heterocycles. The van der Waals surface area contributed by atoms with E-state index in [-0.39, 0.29) is 10.9 Å². The molecule has 3 N–H and O–H groups in total. The predicted octanol–water partition coefficient (Wildman–Crippen LogP) is 3.20. The van der Waals surface area contributed by atoms with E-state index in [1.807, 2.05) is 6.07 Å². The van der Waals surface area contributed by atoms with Crippen molar-refractivity contribution in [2.75, 3.05) is 10.0 Å². The maximum absolute atomic E-state index is 12.3. The molecule has 0 spiro atoms. The molecule has 0 radical (unpaired) electrons. The summed E-state index contributed by atoms with van der Waals surface area (Å²) in [6, 6.07) is 17.8. The summed E-state index contributed by atoms with van der Waals surface area (Å²) in [5.41, 5.74) is 1.83. The fourth-order valence-electron chi connectivity index (χ4n) is 2.30. The highest BCUT2D eigenvalue weighted by atomic mass is 32.2. The third-order valence-corrected chi connectivity index (χ3v) is 5.02. The Labute approximate surface area is 157 Å². The van der Waals surface area contributed by atoms with E-state index in [0.717, 1.165) is 5.56 Å². The normalized spacial score (nSPS) is 10.8. The van der Waals surface area contributed by atoms with Crippen molar-refractivity contribution < 1.29 is 13.2 Å². The summed E-state index contributed by atoms with van der Waals surface area (Å²) in [4.78, 5) is 16.1. The molecule has 0 saturated heterocycles. The maximum Gasteiger partial charge on any atom is 0.319 e. The number of urea groups is 1. The number of pyridine rings is 1. The molecule has 0 saturated carbocycles. The summed E-state index contributed by atoms with van der Waals surface area (Å²) in [6.45, 7) is 0.356. The minimum Gasteiger partial charge on any atom is -0.334 e. The van der Waals surface area contributed by atoms with Gasteiger partial charge in [-0.2, -0.15) is 0 Å². The lowest BCUT2D eigenvalue weighted by Crippen LogP contribution is -2.28. The van der Waals surface area contributed by atoms with Crippen LogP contribution in [0.4, 0.5) is 16.2 Å². The summed E-state index contributed by atoms with van der Waals surface area (Å²) in [5, 5.41) is 5.41. The highest BCUT2D eigenvalue weighted by Gasteiger charge is 2.13. The third kappa shape index (κ3) is 5.29. The number of amides is 2. The quantitative estimate of drug-likeness (QED) is 0.609. The first kappa shape index (κ1) is 18.4. The molecule has 3 aromatic rings. The number of hydrogen-bond acceptors (Lipinski definition) is 4. The van der Waals surface area contributed by atoms with E-state index in [0.29, 0.717) is 17.9 Å². The average Bonchev–Trinajstić information content (AvgIpc) is 2.69. The zero-order chi connectivity index (χ0) is 19.1. The molecule has 0 unspecified atom stereocenters. The van der Waals surface area contributed by atoms with Crippen molar-refractivity contribution in [1.82, 2.24) is 10.3 Å². The van der Waals surface area contributed by atoms with Gasteiger partial charge >= 0.3 is 6.03 Å². The van der Waals surface area contributed by atoms with E-state index in [1.54, 1.807) is 60.9 Å². The standard InChI is InChI=1S/C19H18N4O3S/c24-19(21-14-15-5-4-12-20-13-15)22-16-8-10-17(11-9-16)23-27(25,26)18-6-2-1-3-7-18/h1-13,23H,14H2,(H2,21,22,24). The number of carbonyl (C=O) groups is 1. The third-order valence-electron chi connectivity index (χ3n) is 3.62. The van der Waals surface area contributed by atoms with Gasteiger partial charge in [-0.1, -0.05) is 24.3 Å². The SMILES string of the molecule is O=C(NCc1cccnc1)Nc1ccc(NS(=O)(=O)c2ccccc2)cc1. The largest absolute Gasteiger partial charge is 0.334 e. The van der Waals surface area contributed by atoms with Gasteiger partial charge in [-0.05, 0) is 48.0 Å². The zero-order valence-corrected chi connectivity index (χ0v) is 15.1. The Bertz CT molecular complexity index is 992. The second-order valence-corrected chi connectivity index (χ2v) is 7.35. The lowest BCUT2D eigenvalue weighted by molar-refractivity contribution is 0.251. The van der Waals surface area contributed by atoms with Crippen molar-refractivity contribution in [3.8, 4) is 0 Å². The van der Waals surface area contributed by atoms with Gasteiger partial charge in [0.25, 0.3) is 10.0 Å². The van der Waals surface area contributed by atoms with Crippen LogP contribution < -0.4 is 15.4 Å². The highest BCUT2D eigenvalue weighted by molar-refractivity contribution is 7.92. The van der Waals surface area contributed by atoms with Gasteiger partial charge in [0.2, 0.25) is 0 Å². The van der Waals surface area contributed by atoms with Gasteiger partial charge in [0.1, 0.15) is 0 Å². The first-order valence-corrected chi connectivity index (χ1v) is 9.63. The van der Waals surface area contributed by atoms with Crippen LogP contribution in [0.3, 0.4) is 0 Å². The number of benzene rings is 2. The first-order valence-electron chi connectivity index (χ1n) is 8.15. The number of hydrogen-bond donors (Lipinski definition) is 3. The number of nitrogens with one attached hydrogen (secondary N) is 3. The van der Waals surface area contributed by atoms with Crippen molar-refractivity contribution in [1.29, 1.82) is 0 Å². The van der Waals surface area contributed by atoms with Gasteiger partial charge in [0.05, 0.1) is 4.90 Å². The van der Waals surface area contributed by atoms with E-state index in [9.17, 15) is 13.2 Å². The van der Waals surface area contributed by atoms with Gasteiger partial charge in [0.15, 0.2) is 0 Å². The minimum atomic E-state index is -3.64. The average molecular weight is 382 g/mol. The Kier molecular flexibility index (Phi) is 5.68. The number of nitrogens with zero attached hydrogens (tertiary/aromatic N) is 1. The van der Waals surface area contributed by atoms with Crippen LogP contribution in [0.25, 0.3) is 0 Å². The molecule has 27 heavy (non-hydrogen) atoms. The second-order valence-electron chi connectivity index (χ2n) is 5.66. The van der Waals surface area contributed by atoms with Crippen LogP contribution in [0.5, 0.6) is 0 Å². The summed E-state index contributed by atoms with van der Waals surface area (Å²) < 4.78 is 27.1. The van der Waals surface area contributed by atoms with Gasteiger partial charge < -0.3 is 10.6 Å². The van der Waals surface area contributed by atoms with Crippen molar-refractivity contribution in [3.05, 3.63) is 84.7 Å². The molecular formula is C19H18N4O3S. The van der Waals surface area contributed by atoms with Crippen molar-refractivity contribution in [2.45, 2.75) is 11.4 Å². The lowest BCUT2D eigenvalue weighted by Gasteiger charge is -2.10. The first-order chi connectivity index (χ1) is 13.0. The Morgan fingerprint density at radius 1 is 0.889 bits per heavy atom. The fraction of sp³-hybridized carbons (Fsp3) is 0.0526. The number of aromatic nitrogens is 1. The lowest BCUT2D eigenvalue weighted by atomic mass is 10.3. The molecule has 0 fully saturated rings. The molecule has 0 atom stereocenters. The molecule has 1 heterocycles. The van der Waals surface area contributed by atoms with E-state index >= 15 is 0 Å². The van der Waals surface area contributed by atoms with Crippen molar-refractivity contribution in [3.63, 3.8) is 0 Å². The number of sulfonamides is 1.